The predicted octanol–water partition coefficient (Wildman–Crippen LogP) is 2.58. The van der Waals surface area contributed by atoms with Crippen molar-refractivity contribution in [3.8, 4) is 0 Å². The van der Waals surface area contributed by atoms with Gasteiger partial charge in [-0.3, -0.25) is 9.69 Å². The fraction of sp³-hybridized carbons (Fsp3) is 0.611. The fourth-order valence-electron chi connectivity index (χ4n) is 3.00. The Balaban J connectivity index is 1.92. The molecule has 0 saturated carbocycles. The van der Waals surface area contributed by atoms with E-state index in [4.69, 9.17) is 4.74 Å². The van der Waals surface area contributed by atoms with Crippen LogP contribution in [0.5, 0.6) is 0 Å². The molecule has 1 atom stereocenters. The van der Waals surface area contributed by atoms with E-state index in [-0.39, 0.29) is 6.10 Å². The van der Waals surface area contributed by atoms with Gasteiger partial charge in [-0.25, -0.2) is 0 Å². The summed E-state index contributed by atoms with van der Waals surface area (Å²) in [6.45, 7) is 3.16. The molecule has 1 N–H and O–H groups in total. The van der Waals surface area contributed by atoms with E-state index in [1.165, 1.54) is 0 Å². The molecule has 1 saturated heterocycles. The maximum Gasteiger partial charge on any atom is 0.325 e. The lowest BCUT2D eigenvalue weighted by molar-refractivity contribution is -0.144. The van der Waals surface area contributed by atoms with E-state index in [1.54, 1.807) is 11.8 Å². The quantitative estimate of drug-likeness (QED) is 0.726. The Hall–Kier alpha value is -1.08. The highest BCUT2D eigenvalue weighted by Gasteiger charge is 2.31. The summed E-state index contributed by atoms with van der Waals surface area (Å²) in [7, 11) is 4.07. The first-order valence-corrected chi connectivity index (χ1v) is 9.61. The highest BCUT2D eigenvalue weighted by atomic mass is 32.2. The average Bonchev–Trinajstić information content (AvgIpc) is 2.56. The molecule has 0 spiro atoms. The van der Waals surface area contributed by atoms with Crippen LogP contribution in [0.4, 0.5) is 0 Å². The number of piperidine rings is 1. The van der Waals surface area contributed by atoms with Gasteiger partial charge < -0.3 is 14.7 Å². The fourth-order valence-corrected chi connectivity index (χ4v) is 3.41. The van der Waals surface area contributed by atoms with E-state index in [0.29, 0.717) is 0 Å². The molecule has 1 aliphatic heterocycles. The van der Waals surface area contributed by atoms with Gasteiger partial charge in [0.25, 0.3) is 0 Å². The average molecular weight is 353 g/mol. The van der Waals surface area contributed by atoms with Crippen LogP contribution in [0, 0.1) is 0 Å². The van der Waals surface area contributed by atoms with Crippen LogP contribution >= 0.6 is 11.8 Å². The number of carbonyl (C=O) groups is 1. The first-order chi connectivity index (χ1) is 11.5. The van der Waals surface area contributed by atoms with E-state index in [0.717, 1.165) is 49.5 Å². The van der Waals surface area contributed by atoms with Crippen molar-refractivity contribution in [3.05, 3.63) is 29.8 Å². The van der Waals surface area contributed by atoms with E-state index in [9.17, 15) is 9.90 Å². The second-order valence-corrected chi connectivity index (χ2v) is 7.30. The van der Waals surface area contributed by atoms with Gasteiger partial charge in [-0.05, 0) is 50.9 Å². The lowest BCUT2D eigenvalue weighted by Gasteiger charge is -2.35. The van der Waals surface area contributed by atoms with Crippen molar-refractivity contribution in [2.24, 2.45) is 0 Å². The molecule has 1 aromatic rings. The van der Waals surface area contributed by atoms with Gasteiger partial charge in [-0.1, -0.05) is 12.1 Å². The molecule has 1 aliphatic rings. The maximum atomic E-state index is 11.8. The van der Waals surface area contributed by atoms with E-state index in [1.807, 2.05) is 44.6 Å². The molecule has 1 aromatic carbocycles. The van der Waals surface area contributed by atoms with Gasteiger partial charge in [0.2, 0.25) is 0 Å². The third kappa shape index (κ3) is 5.48. The zero-order valence-corrected chi connectivity index (χ0v) is 15.6. The number of carboxylic acids is 1. The molecule has 0 aromatic heterocycles. The van der Waals surface area contributed by atoms with Crippen molar-refractivity contribution < 1.29 is 14.6 Å². The first kappa shape index (κ1) is 19.2. The van der Waals surface area contributed by atoms with Crippen molar-refractivity contribution >= 4 is 17.7 Å². The van der Waals surface area contributed by atoms with Crippen LogP contribution in [0.1, 0.15) is 24.4 Å². The summed E-state index contributed by atoms with van der Waals surface area (Å²) in [4.78, 5) is 17.1. The molecule has 134 valence electrons. The number of benzene rings is 1. The molecule has 5 nitrogen and oxygen atoms in total. The minimum absolute atomic E-state index is 0.245. The molecule has 0 amide bonds. The lowest BCUT2D eigenvalue weighted by atomic mass is 10.0. The Morgan fingerprint density at radius 2 is 1.96 bits per heavy atom. The van der Waals surface area contributed by atoms with E-state index in [2.05, 4.69) is 9.80 Å². The minimum atomic E-state index is -0.779. The Kier molecular flexibility index (Phi) is 7.55. The van der Waals surface area contributed by atoms with Gasteiger partial charge in [0.15, 0.2) is 0 Å². The molecular formula is C18H28N2O3S. The summed E-state index contributed by atoms with van der Waals surface area (Å²) in [6, 6.07) is 7.29. The number of nitrogens with zero attached hydrogens (tertiary/aromatic N) is 2. The summed E-state index contributed by atoms with van der Waals surface area (Å²) in [6.07, 6.45) is 4.04. The van der Waals surface area contributed by atoms with Crippen LogP contribution in [0.15, 0.2) is 29.2 Å². The molecule has 2 rings (SSSR count). The van der Waals surface area contributed by atoms with Gasteiger partial charge in [-0.15, -0.1) is 11.8 Å². The Bertz CT molecular complexity index is 514. The van der Waals surface area contributed by atoms with Crippen LogP contribution in [-0.4, -0.2) is 73.6 Å². The number of carboxylic acid groups (broad SMARTS) is 1. The van der Waals surface area contributed by atoms with Crippen LogP contribution in [0.25, 0.3) is 0 Å². The smallest absolute Gasteiger partial charge is 0.325 e. The third-order valence-corrected chi connectivity index (χ3v) is 5.14. The first-order valence-electron chi connectivity index (χ1n) is 8.38. The number of likely N-dealkylation sites (N-methyl/N-ethyl adjacent to an activating group) is 1. The summed E-state index contributed by atoms with van der Waals surface area (Å²) in [5, 5.41) is 9.69. The zero-order valence-electron chi connectivity index (χ0n) is 14.8. The van der Waals surface area contributed by atoms with Gasteiger partial charge >= 0.3 is 5.97 Å². The standard InChI is InChI=1S/C18H28N2O3S/c1-19(2)12-13-23-15-8-10-20(11-9-15)17(18(21)22)14-4-6-16(24-3)7-5-14/h4-7,15,17H,8-13H2,1-3H3,(H,21,22)/t17-/m1/s1. The molecular weight excluding hydrogens is 324 g/mol. The van der Waals surface area contributed by atoms with Gasteiger partial charge in [0.1, 0.15) is 6.04 Å². The SMILES string of the molecule is CSc1ccc([C@H](C(=O)O)N2CCC(OCCN(C)C)CC2)cc1. The summed E-state index contributed by atoms with van der Waals surface area (Å²) >= 11 is 1.66. The van der Waals surface area contributed by atoms with Crippen molar-refractivity contribution in [1.29, 1.82) is 0 Å². The number of hydrogen-bond donors (Lipinski definition) is 1. The number of thioether (sulfide) groups is 1. The minimum Gasteiger partial charge on any atom is -0.480 e. The normalized spacial score (nSPS) is 18.0. The molecule has 0 bridgehead atoms. The van der Waals surface area contributed by atoms with Crippen LogP contribution in [0.3, 0.4) is 0 Å². The second kappa shape index (κ2) is 9.42. The van der Waals surface area contributed by atoms with Crippen LogP contribution < -0.4 is 0 Å². The van der Waals surface area contributed by atoms with Gasteiger partial charge in [0.05, 0.1) is 12.7 Å². The highest BCUT2D eigenvalue weighted by Crippen LogP contribution is 2.27. The molecule has 0 radical (unpaired) electrons. The predicted molar refractivity (Wildman–Crippen MR) is 97.7 cm³/mol. The number of likely N-dealkylation sites (tertiary alicyclic amines) is 1. The van der Waals surface area contributed by atoms with Crippen LogP contribution in [-0.2, 0) is 9.53 Å². The van der Waals surface area contributed by atoms with Crippen molar-refractivity contribution in [2.75, 3.05) is 46.6 Å². The largest absolute Gasteiger partial charge is 0.480 e. The maximum absolute atomic E-state index is 11.8. The topological polar surface area (TPSA) is 53.0 Å². The van der Waals surface area contributed by atoms with E-state index >= 15 is 0 Å². The second-order valence-electron chi connectivity index (χ2n) is 6.42. The third-order valence-electron chi connectivity index (χ3n) is 4.40. The Morgan fingerprint density at radius 1 is 1.33 bits per heavy atom. The Labute approximate surface area is 149 Å². The molecule has 1 heterocycles. The van der Waals surface area contributed by atoms with Crippen LogP contribution in [0.2, 0.25) is 0 Å². The molecule has 6 heteroatoms. The summed E-state index contributed by atoms with van der Waals surface area (Å²) in [5.41, 5.74) is 0.854. The van der Waals surface area contributed by atoms with E-state index < -0.39 is 12.0 Å². The lowest BCUT2D eigenvalue weighted by Crippen LogP contribution is -2.42. The Morgan fingerprint density at radius 3 is 2.46 bits per heavy atom. The molecule has 1 fully saturated rings. The molecule has 0 aliphatic carbocycles. The van der Waals surface area contributed by atoms with Crippen molar-refractivity contribution in [1.82, 2.24) is 9.80 Å². The van der Waals surface area contributed by atoms with Crippen molar-refractivity contribution in [3.63, 3.8) is 0 Å². The molecule has 24 heavy (non-hydrogen) atoms. The monoisotopic (exact) mass is 352 g/mol. The van der Waals surface area contributed by atoms with Gasteiger partial charge in [-0.2, -0.15) is 0 Å². The van der Waals surface area contributed by atoms with Gasteiger partial charge in [0, 0.05) is 24.5 Å². The number of aliphatic carboxylic acids is 1. The highest BCUT2D eigenvalue weighted by molar-refractivity contribution is 7.98. The number of hydrogen-bond acceptors (Lipinski definition) is 5. The molecule has 0 unspecified atom stereocenters. The number of rotatable bonds is 8. The summed E-state index contributed by atoms with van der Waals surface area (Å²) in [5.74, 6) is -0.779. The number of ether oxygens (including phenoxy) is 1. The zero-order chi connectivity index (χ0) is 17.5. The van der Waals surface area contributed by atoms with Crippen molar-refractivity contribution in [2.45, 2.75) is 29.9 Å². The summed E-state index contributed by atoms with van der Waals surface area (Å²) < 4.78 is 5.90.